The van der Waals surface area contributed by atoms with Crippen LogP contribution >= 0.6 is 0 Å². The van der Waals surface area contributed by atoms with E-state index in [1.165, 1.54) is 18.2 Å². The number of anilines is 1. The maximum absolute atomic E-state index is 11.7. The third-order valence-corrected chi connectivity index (χ3v) is 6.92. The van der Waals surface area contributed by atoms with Crippen LogP contribution in [0.1, 0.15) is 36.7 Å². The van der Waals surface area contributed by atoms with E-state index in [1.54, 1.807) is 12.1 Å². The normalized spacial score (nSPS) is 13.4. The van der Waals surface area contributed by atoms with Gasteiger partial charge in [0.1, 0.15) is 11.3 Å². The highest BCUT2D eigenvalue weighted by atomic mass is 16.5. The molecule has 0 unspecified atom stereocenters. The molecule has 0 saturated carbocycles. The van der Waals surface area contributed by atoms with Crippen molar-refractivity contribution < 1.29 is 24.5 Å². The van der Waals surface area contributed by atoms with Crippen LogP contribution in [-0.4, -0.2) is 61.2 Å². The minimum atomic E-state index is -0.317. The fraction of sp³-hybridized carbons (Fsp3) is 0.310. The molecule has 5 rings (SSSR count). The van der Waals surface area contributed by atoms with Gasteiger partial charge in [0.25, 0.3) is 11.8 Å². The molecule has 2 amide bonds. The van der Waals surface area contributed by atoms with Gasteiger partial charge in [-0.3, -0.25) is 14.5 Å². The van der Waals surface area contributed by atoms with Gasteiger partial charge >= 0.3 is 0 Å². The Balaban J connectivity index is 1.44. The standard InChI is InChI=1S/C29H31N5O5/c1-2-3-7-23-32-26-27(34(23)17-19-5-4-6-22(35)28(19)38)20-16-18(8-9-21(20)31-29(26)30)12-14-39-15-13-33-24(36)10-11-25(33)37/h4-6,8-11,16,35,38H,2-3,7,12-15,17H2,1H3,(H2,30,31). The first kappa shape index (κ1) is 26.2. The van der Waals surface area contributed by atoms with Crippen LogP contribution in [0.15, 0.2) is 48.6 Å². The average molecular weight is 530 g/mol. The molecule has 0 atom stereocenters. The fourth-order valence-electron chi connectivity index (χ4n) is 4.83. The fourth-order valence-corrected chi connectivity index (χ4v) is 4.83. The Morgan fingerprint density at radius 2 is 1.79 bits per heavy atom. The number of fused-ring (bicyclic) bond motifs is 3. The molecule has 4 aromatic rings. The Morgan fingerprint density at radius 1 is 1.00 bits per heavy atom. The van der Waals surface area contributed by atoms with Gasteiger partial charge in [0.2, 0.25) is 0 Å². The van der Waals surface area contributed by atoms with Gasteiger partial charge in [0.05, 0.1) is 37.3 Å². The molecule has 4 N–H and O–H groups in total. The Hall–Kier alpha value is -4.44. The van der Waals surface area contributed by atoms with E-state index in [0.717, 1.165) is 52.0 Å². The maximum Gasteiger partial charge on any atom is 0.253 e. The number of carbonyl (C=O) groups excluding carboxylic acids is 2. The number of hydrogen-bond donors (Lipinski definition) is 3. The van der Waals surface area contributed by atoms with E-state index in [2.05, 4.69) is 22.5 Å². The Morgan fingerprint density at radius 3 is 2.56 bits per heavy atom. The van der Waals surface area contributed by atoms with E-state index in [0.29, 0.717) is 36.5 Å². The Kier molecular flexibility index (Phi) is 7.47. The molecular weight excluding hydrogens is 498 g/mol. The zero-order valence-electron chi connectivity index (χ0n) is 21.8. The number of para-hydroxylation sites is 1. The smallest absolute Gasteiger partial charge is 0.253 e. The number of imidazole rings is 1. The van der Waals surface area contributed by atoms with E-state index in [9.17, 15) is 19.8 Å². The number of unbranched alkanes of at least 4 members (excludes halogenated alkanes) is 1. The number of aromatic nitrogens is 3. The number of nitrogens with zero attached hydrogens (tertiary/aromatic N) is 4. The van der Waals surface area contributed by atoms with Crippen LogP contribution in [0.5, 0.6) is 11.5 Å². The topological polar surface area (TPSA) is 144 Å². The van der Waals surface area contributed by atoms with E-state index >= 15 is 0 Å². The number of aromatic hydroxyl groups is 2. The number of amides is 2. The minimum absolute atomic E-state index is 0.155. The van der Waals surface area contributed by atoms with Gasteiger partial charge in [-0.25, -0.2) is 9.97 Å². The number of hydrogen-bond acceptors (Lipinski definition) is 8. The third-order valence-electron chi connectivity index (χ3n) is 6.92. The first-order chi connectivity index (χ1) is 18.9. The zero-order valence-corrected chi connectivity index (χ0v) is 21.8. The first-order valence-corrected chi connectivity index (χ1v) is 13.1. The minimum Gasteiger partial charge on any atom is -0.504 e. The maximum atomic E-state index is 11.7. The lowest BCUT2D eigenvalue weighted by Gasteiger charge is -2.14. The van der Waals surface area contributed by atoms with Gasteiger partial charge in [-0.15, -0.1) is 0 Å². The lowest BCUT2D eigenvalue weighted by atomic mass is 10.1. The average Bonchev–Trinajstić information content (AvgIpc) is 3.45. The highest BCUT2D eigenvalue weighted by Crippen LogP contribution is 2.34. The summed E-state index contributed by atoms with van der Waals surface area (Å²) >= 11 is 0. The first-order valence-electron chi connectivity index (χ1n) is 13.1. The largest absolute Gasteiger partial charge is 0.504 e. The van der Waals surface area contributed by atoms with Crippen molar-refractivity contribution in [1.29, 1.82) is 0 Å². The SMILES string of the molecule is CCCCc1nc2c(N)nc3ccc(CCOCCN4C(=O)C=CC4=O)cc3c2n1Cc1cccc(O)c1O. The van der Waals surface area contributed by atoms with E-state index in [1.807, 2.05) is 12.1 Å². The van der Waals surface area contributed by atoms with Crippen molar-refractivity contribution in [2.24, 2.45) is 0 Å². The predicted octanol–water partition coefficient (Wildman–Crippen LogP) is 3.45. The molecule has 2 aromatic heterocycles. The second-order valence-corrected chi connectivity index (χ2v) is 9.57. The summed E-state index contributed by atoms with van der Waals surface area (Å²) in [6, 6.07) is 10.9. The van der Waals surface area contributed by atoms with E-state index in [-0.39, 0.29) is 36.5 Å². The van der Waals surface area contributed by atoms with Crippen molar-refractivity contribution in [3.63, 3.8) is 0 Å². The van der Waals surface area contributed by atoms with Crippen molar-refractivity contribution >= 4 is 39.6 Å². The van der Waals surface area contributed by atoms with Crippen molar-refractivity contribution in [1.82, 2.24) is 19.4 Å². The van der Waals surface area contributed by atoms with Crippen LogP contribution in [0.25, 0.3) is 21.9 Å². The number of carbonyl (C=O) groups is 2. The monoisotopic (exact) mass is 529 g/mol. The van der Waals surface area contributed by atoms with Crippen molar-refractivity contribution in [2.45, 2.75) is 39.2 Å². The molecule has 10 heteroatoms. The molecule has 1 aliphatic rings. The van der Waals surface area contributed by atoms with E-state index < -0.39 is 0 Å². The summed E-state index contributed by atoms with van der Waals surface area (Å²) in [5.74, 6) is 0.217. The molecule has 0 fully saturated rings. The molecule has 202 valence electrons. The lowest BCUT2D eigenvalue weighted by molar-refractivity contribution is -0.137. The number of nitrogen functional groups attached to an aromatic ring is 1. The molecule has 3 heterocycles. The van der Waals surface area contributed by atoms with Crippen molar-refractivity contribution in [3.8, 4) is 11.5 Å². The number of benzene rings is 2. The molecule has 0 saturated heterocycles. The quantitative estimate of drug-likeness (QED) is 0.152. The number of pyridine rings is 1. The van der Waals surface area contributed by atoms with Crippen LogP contribution in [0.2, 0.25) is 0 Å². The second-order valence-electron chi connectivity index (χ2n) is 9.57. The van der Waals surface area contributed by atoms with Crippen molar-refractivity contribution in [3.05, 3.63) is 65.5 Å². The molecule has 1 aliphatic heterocycles. The number of aryl methyl sites for hydroxylation is 1. The van der Waals surface area contributed by atoms with Gasteiger partial charge in [-0.1, -0.05) is 31.5 Å². The number of nitrogens with two attached hydrogens (primary N) is 1. The van der Waals surface area contributed by atoms with Gasteiger partial charge < -0.3 is 25.3 Å². The summed E-state index contributed by atoms with van der Waals surface area (Å²) in [5, 5.41) is 21.4. The summed E-state index contributed by atoms with van der Waals surface area (Å²) in [5.41, 5.74) is 10.1. The lowest BCUT2D eigenvalue weighted by Crippen LogP contribution is -2.33. The summed E-state index contributed by atoms with van der Waals surface area (Å²) in [6.45, 7) is 3.32. The van der Waals surface area contributed by atoms with Crippen LogP contribution in [-0.2, 0) is 33.7 Å². The molecule has 0 bridgehead atoms. The summed E-state index contributed by atoms with van der Waals surface area (Å²) in [7, 11) is 0. The highest BCUT2D eigenvalue weighted by molar-refractivity contribution is 6.12. The number of rotatable bonds is 11. The van der Waals surface area contributed by atoms with E-state index in [4.69, 9.17) is 15.5 Å². The van der Waals surface area contributed by atoms with Crippen LogP contribution in [0.4, 0.5) is 5.82 Å². The number of phenols is 2. The molecule has 10 nitrogen and oxygen atoms in total. The van der Waals surface area contributed by atoms with Gasteiger partial charge in [0, 0.05) is 29.5 Å². The molecule has 2 aromatic carbocycles. The molecule has 0 radical (unpaired) electrons. The Bertz CT molecular complexity index is 1570. The molecule has 0 aliphatic carbocycles. The molecular formula is C29H31N5O5. The summed E-state index contributed by atoms with van der Waals surface area (Å²) in [4.78, 5) is 34.0. The summed E-state index contributed by atoms with van der Waals surface area (Å²) in [6.07, 6.45) is 5.81. The molecule has 39 heavy (non-hydrogen) atoms. The summed E-state index contributed by atoms with van der Waals surface area (Å²) < 4.78 is 7.77. The van der Waals surface area contributed by atoms with Crippen molar-refractivity contribution in [2.75, 3.05) is 25.5 Å². The third kappa shape index (κ3) is 5.28. The second kappa shape index (κ2) is 11.1. The highest BCUT2D eigenvalue weighted by Gasteiger charge is 2.23. The van der Waals surface area contributed by atoms with Gasteiger partial charge in [-0.05, 0) is 36.6 Å². The van der Waals surface area contributed by atoms with Gasteiger partial charge in [-0.2, -0.15) is 0 Å². The predicted molar refractivity (Wildman–Crippen MR) is 147 cm³/mol. The zero-order chi connectivity index (χ0) is 27.5. The van der Waals surface area contributed by atoms with Gasteiger partial charge in [0.15, 0.2) is 17.3 Å². The number of phenolic OH excluding ortho intramolecular Hbond substituents is 2. The van der Waals surface area contributed by atoms with Crippen LogP contribution in [0, 0.1) is 0 Å². The number of imide groups is 1. The Labute approximate surface area is 225 Å². The molecule has 0 spiro atoms. The number of ether oxygens (including phenoxy) is 1. The van der Waals surface area contributed by atoms with Crippen LogP contribution in [0.3, 0.4) is 0 Å². The van der Waals surface area contributed by atoms with Crippen LogP contribution < -0.4 is 5.73 Å².